The SMILES string of the molecule is COCC(N)CCNS(=O)(=O)c1ccc(C)c(C)c1. The topological polar surface area (TPSA) is 81.4 Å². The van der Waals surface area contributed by atoms with Crippen LogP contribution in [0.3, 0.4) is 0 Å². The molecule has 0 saturated heterocycles. The second-order valence-corrected chi connectivity index (χ2v) is 6.41. The molecule has 0 amide bonds. The van der Waals surface area contributed by atoms with Crippen molar-refractivity contribution in [3.05, 3.63) is 29.3 Å². The Kier molecular flexibility index (Phi) is 5.93. The van der Waals surface area contributed by atoms with Crippen LogP contribution in [0.5, 0.6) is 0 Å². The summed E-state index contributed by atoms with van der Waals surface area (Å²) in [5, 5.41) is 0. The first kappa shape index (κ1) is 16.1. The number of sulfonamides is 1. The zero-order valence-corrected chi connectivity index (χ0v) is 12.5. The van der Waals surface area contributed by atoms with Gasteiger partial charge in [-0.25, -0.2) is 13.1 Å². The molecule has 1 atom stereocenters. The number of ether oxygens (including phenoxy) is 1. The lowest BCUT2D eigenvalue weighted by atomic mass is 10.1. The highest BCUT2D eigenvalue weighted by molar-refractivity contribution is 7.89. The monoisotopic (exact) mass is 286 g/mol. The fourth-order valence-corrected chi connectivity index (χ4v) is 2.77. The van der Waals surface area contributed by atoms with Gasteiger partial charge in [0.1, 0.15) is 0 Å². The van der Waals surface area contributed by atoms with Crippen LogP contribution in [0.2, 0.25) is 0 Å². The van der Waals surface area contributed by atoms with Crippen molar-refractivity contribution in [1.82, 2.24) is 4.72 Å². The minimum Gasteiger partial charge on any atom is -0.383 e. The number of methoxy groups -OCH3 is 1. The molecule has 108 valence electrons. The molecule has 1 aromatic rings. The van der Waals surface area contributed by atoms with E-state index in [9.17, 15) is 8.42 Å². The molecular formula is C13H22N2O3S. The minimum absolute atomic E-state index is 0.160. The largest absolute Gasteiger partial charge is 0.383 e. The van der Waals surface area contributed by atoms with Crippen LogP contribution in [0.25, 0.3) is 0 Å². The zero-order valence-electron chi connectivity index (χ0n) is 11.6. The Morgan fingerprint density at radius 3 is 2.58 bits per heavy atom. The molecule has 0 fully saturated rings. The third kappa shape index (κ3) is 4.91. The molecule has 0 saturated carbocycles. The van der Waals surface area contributed by atoms with Gasteiger partial charge in [0.2, 0.25) is 10.0 Å². The Morgan fingerprint density at radius 2 is 2.00 bits per heavy atom. The van der Waals surface area contributed by atoms with Crippen molar-refractivity contribution < 1.29 is 13.2 Å². The molecule has 5 nitrogen and oxygen atoms in total. The summed E-state index contributed by atoms with van der Waals surface area (Å²) in [6.45, 7) is 4.57. The number of hydrogen-bond acceptors (Lipinski definition) is 4. The second-order valence-electron chi connectivity index (χ2n) is 4.65. The van der Waals surface area contributed by atoms with Crippen LogP contribution in [0.1, 0.15) is 17.5 Å². The molecule has 0 spiro atoms. The summed E-state index contributed by atoms with van der Waals surface area (Å²) in [5.74, 6) is 0. The summed E-state index contributed by atoms with van der Waals surface area (Å²) in [6.07, 6.45) is 0.540. The van der Waals surface area contributed by atoms with Crippen LogP contribution in [0.15, 0.2) is 23.1 Å². The molecule has 0 aromatic heterocycles. The molecular weight excluding hydrogens is 264 g/mol. The molecule has 0 radical (unpaired) electrons. The van der Waals surface area contributed by atoms with E-state index in [0.29, 0.717) is 19.6 Å². The normalized spacial score (nSPS) is 13.5. The summed E-state index contributed by atoms with van der Waals surface area (Å²) < 4.78 is 31.5. The van der Waals surface area contributed by atoms with Crippen LogP contribution in [-0.2, 0) is 14.8 Å². The number of benzene rings is 1. The highest BCUT2D eigenvalue weighted by Gasteiger charge is 2.14. The Balaban J connectivity index is 2.63. The highest BCUT2D eigenvalue weighted by Crippen LogP contribution is 2.14. The molecule has 0 heterocycles. The van der Waals surface area contributed by atoms with E-state index >= 15 is 0 Å². The molecule has 0 aliphatic heterocycles. The third-order valence-corrected chi connectivity index (χ3v) is 4.44. The zero-order chi connectivity index (χ0) is 14.5. The van der Waals surface area contributed by atoms with E-state index in [-0.39, 0.29) is 10.9 Å². The average Bonchev–Trinajstić information content (AvgIpc) is 2.32. The number of rotatable bonds is 7. The van der Waals surface area contributed by atoms with Crippen molar-refractivity contribution in [3.63, 3.8) is 0 Å². The first-order valence-electron chi connectivity index (χ1n) is 6.18. The lowest BCUT2D eigenvalue weighted by Crippen LogP contribution is -2.32. The quantitative estimate of drug-likeness (QED) is 0.782. The standard InChI is InChI=1S/C13H22N2O3S/c1-10-4-5-13(8-11(10)2)19(16,17)15-7-6-12(14)9-18-3/h4-5,8,12,15H,6-7,9,14H2,1-3H3. The van der Waals surface area contributed by atoms with Gasteiger partial charge in [-0.2, -0.15) is 0 Å². The first-order valence-corrected chi connectivity index (χ1v) is 7.66. The van der Waals surface area contributed by atoms with Crippen LogP contribution < -0.4 is 10.5 Å². The van der Waals surface area contributed by atoms with E-state index in [2.05, 4.69) is 4.72 Å². The van der Waals surface area contributed by atoms with Gasteiger partial charge in [-0.05, 0) is 43.5 Å². The van der Waals surface area contributed by atoms with Gasteiger partial charge in [0.05, 0.1) is 11.5 Å². The maximum absolute atomic E-state index is 12.1. The van der Waals surface area contributed by atoms with Crippen LogP contribution in [0.4, 0.5) is 0 Å². The number of nitrogens with one attached hydrogen (secondary N) is 1. The number of nitrogens with two attached hydrogens (primary N) is 1. The van der Waals surface area contributed by atoms with Gasteiger partial charge >= 0.3 is 0 Å². The van der Waals surface area contributed by atoms with Crippen molar-refractivity contribution in [2.75, 3.05) is 20.3 Å². The Labute approximate surface area is 115 Å². The Morgan fingerprint density at radius 1 is 1.32 bits per heavy atom. The summed E-state index contributed by atoms with van der Waals surface area (Å²) >= 11 is 0. The smallest absolute Gasteiger partial charge is 0.240 e. The van der Waals surface area contributed by atoms with Gasteiger partial charge in [-0.1, -0.05) is 6.07 Å². The molecule has 0 aliphatic rings. The fourth-order valence-electron chi connectivity index (χ4n) is 1.64. The molecule has 1 rings (SSSR count). The lowest BCUT2D eigenvalue weighted by Gasteiger charge is -2.12. The maximum atomic E-state index is 12.1. The first-order chi connectivity index (χ1) is 8.86. The summed E-state index contributed by atoms with van der Waals surface area (Å²) in [6, 6.07) is 4.93. The predicted octanol–water partition coefficient (Wildman–Crippen LogP) is 0.946. The highest BCUT2D eigenvalue weighted by atomic mass is 32.2. The van der Waals surface area contributed by atoms with E-state index < -0.39 is 10.0 Å². The Hall–Kier alpha value is -0.950. The van der Waals surface area contributed by atoms with Gasteiger partial charge < -0.3 is 10.5 Å². The second kappa shape index (κ2) is 7.00. The van der Waals surface area contributed by atoms with Gasteiger partial charge in [0.15, 0.2) is 0 Å². The van der Waals surface area contributed by atoms with Crippen molar-refractivity contribution in [2.24, 2.45) is 5.73 Å². The number of aryl methyl sites for hydroxylation is 2. The molecule has 0 aliphatic carbocycles. The lowest BCUT2D eigenvalue weighted by molar-refractivity contribution is 0.177. The number of hydrogen-bond donors (Lipinski definition) is 2. The molecule has 0 bridgehead atoms. The predicted molar refractivity (Wildman–Crippen MR) is 75.6 cm³/mol. The summed E-state index contributed by atoms with van der Waals surface area (Å²) in [7, 11) is -1.89. The van der Waals surface area contributed by atoms with E-state index in [0.717, 1.165) is 11.1 Å². The van der Waals surface area contributed by atoms with Gasteiger partial charge in [0, 0.05) is 19.7 Å². The molecule has 3 N–H and O–H groups in total. The molecule has 1 aromatic carbocycles. The average molecular weight is 286 g/mol. The van der Waals surface area contributed by atoms with Gasteiger partial charge in [-0.15, -0.1) is 0 Å². The van der Waals surface area contributed by atoms with Gasteiger partial charge in [-0.3, -0.25) is 0 Å². The van der Waals surface area contributed by atoms with Crippen molar-refractivity contribution >= 4 is 10.0 Å². The van der Waals surface area contributed by atoms with Gasteiger partial charge in [0.25, 0.3) is 0 Å². The summed E-state index contributed by atoms with van der Waals surface area (Å²) in [5.41, 5.74) is 7.76. The minimum atomic E-state index is -3.46. The van der Waals surface area contributed by atoms with E-state index in [1.807, 2.05) is 13.8 Å². The molecule has 6 heteroatoms. The summed E-state index contributed by atoms with van der Waals surface area (Å²) in [4.78, 5) is 0.288. The van der Waals surface area contributed by atoms with Crippen molar-refractivity contribution in [2.45, 2.75) is 31.2 Å². The Bertz CT molecular complexity index is 515. The van der Waals surface area contributed by atoms with Crippen LogP contribution in [-0.4, -0.2) is 34.7 Å². The maximum Gasteiger partial charge on any atom is 0.240 e. The molecule has 19 heavy (non-hydrogen) atoms. The van der Waals surface area contributed by atoms with E-state index in [1.54, 1.807) is 25.3 Å². The van der Waals surface area contributed by atoms with E-state index in [1.165, 1.54) is 0 Å². The van der Waals surface area contributed by atoms with Crippen LogP contribution >= 0.6 is 0 Å². The van der Waals surface area contributed by atoms with Crippen molar-refractivity contribution in [1.29, 1.82) is 0 Å². The van der Waals surface area contributed by atoms with E-state index in [4.69, 9.17) is 10.5 Å². The molecule has 1 unspecified atom stereocenters. The van der Waals surface area contributed by atoms with Crippen molar-refractivity contribution in [3.8, 4) is 0 Å². The third-order valence-electron chi connectivity index (χ3n) is 2.98. The fraction of sp³-hybridized carbons (Fsp3) is 0.538. The van der Waals surface area contributed by atoms with Crippen LogP contribution in [0, 0.1) is 13.8 Å².